The Morgan fingerprint density at radius 2 is 2.13 bits per heavy atom. The fourth-order valence-electron chi connectivity index (χ4n) is 1.60. The van der Waals surface area contributed by atoms with Gasteiger partial charge in [0.05, 0.1) is 12.1 Å². The third-order valence-corrected chi connectivity index (χ3v) is 2.30. The molecule has 0 aliphatic carbocycles. The minimum absolute atomic E-state index is 0.0674. The zero-order valence-corrected chi connectivity index (χ0v) is 8.62. The van der Waals surface area contributed by atoms with E-state index in [1.54, 1.807) is 19.9 Å². The van der Waals surface area contributed by atoms with Crippen LogP contribution in [0.1, 0.15) is 18.9 Å². The molecule has 1 aromatic rings. The first-order valence-electron chi connectivity index (χ1n) is 4.71. The van der Waals surface area contributed by atoms with Gasteiger partial charge in [0.1, 0.15) is 5.82 Å². The first kappa shape index (κ1) is 9.83. The molecule has 0 bridgehead atoms. The van der Waals surface area contributed by atoms with Crippen LogP contribution in [0.15, 0.2) is 23.3 Å². The summed E-state index contributed by atoms with van der Waals surface area (Å²) < 4.78 is 12.9. The van der Waals surface area contributed by atoms with Crippen LogP contribution in [0, 0.1) is 12.7 Å². The van der Waals surface area contributed by atoms with E-state index in [2.05, 4.69) is 5.10 Å². The van der Waals surface area contributed by atoms with Gasteiger partial charge in [-0.3, -0.25) is 4.79 Å². The van der Waals surface area contributed by atoms with Crippen molar-refractivity contribution in [3.8, 4) is 0 Å². The SMILES string of the molecule is CC1=NN(c2ccc(F)cc2C)C(=O)C1. The molecule has 0 atom stereocenters. The molecule has 0 saturated carbocycles. The molecule has 0 radical (unpaired) electrons. The van der Waals surface area contributed by atoms with Gasteiger partial charge in [-0.05, 0) is 37.6 Å². The summed E-state index contributed by atoms with van der Waals surface area (Å²) in [6.45, 7) is 3.56. The molecule has 0 spiro atoms. The van der Waals surface area contributed by atoms with Gasteiger partial charge < -0.3 is 0 Å². The van der Waals surface area contributed by atoms with E-state index in [1.807, 2.05) is 0 Å². The van der Waals surface area contributed by atoms with E-state index >= 15 is 0 Å². The number of aryl methyl sites for hydroxylation is 1. The molecular weight excluding hydrogens is 195 g/mol. The van der Waals surface area contributed by atoms with Crippen LogP contribution < -0.4 is 5.01 Å². The van der Waals surface area contributed by atoms with Crippen LogP contribution in [0.4, 0.5) is 10.1 Å². The zero-order valence-electron chi connectivity index (χ0n) is 8.62. The normalized spacial score (nSPS) is 15.8. The van der Waals surface area contributed by atoms with Crippen LogP contribution >= 0.6 is 0 Å². The minimum atomic E-state index is -0.302. The van der Waals surface area contributed by atoms with E-state index in [0.717, 1.165) is 5.71 Å². The van der Waals surface area contributed by atoms with Crippen molar-refractivity contribution in [2.24, 2.45) is 5.10 Å². The molecular formula is C11H11FN2O. The Labute approximate surface area is 87.2 Å². The highest BCUT2D eigenvalue weighted by molar-refractivity contribution is 6.12. The second kappa shape index (κ2) is 3.46. The van der Waals surface area contributed by atoms with Crippen molar-refractivity contribution in [3.63, 3.8) is 0 Å². The summed E-state index contributed by atoms with van der Waals surface area (Å²) in [5, 5.41) is 5.45. The molecule has 0 unspecified atom stereocenters. The summed E-state index contributed by atoms with van der Waals surface area (Å²) >= 11 is 0. The predicted molar refractivity (Wildman–Crippen MR) is 56.3 cm³/mol. The second-order valence-electron chi connectivity index (χ2n) is 3.65. The lowest BCUT2D eigenvalue weighted by atomic mass is 10.2. The summed E-state index contributed by atoms with van der Waals surface area (Å²) in [6, 6.07) is 4.30. The van der Waals surface area contributed by atoms with E-state index in [-0.39, 0.29) is 11.7 Å². The number of hydrazone groups is 1. The number of carbonyl (C=O) groups is 1. The van der Waals surface area contributed by atoms with Gasteiger partial charge in [0.25, 0.3) is 5.91 Å². The number of amides is 1. The molecule has 2 rings (SSSR count). The van der Waals surface area contributed by atoms with Gasteiger partial charge in [-0.15, -0.1) is 0 Å². The molecule has 1 aliphatic rings. The van der Waals surface area contributed by atoms with Crippen molar-refractivity contribution >= 4 is 17.3 Å². The van der Waals surface area contributed by atoms with Gasteiger partial charge >= 0.3 is 0 Å². The topological polar surface area (TPSA) is 32.7 Å². The lowest BCUT2D eigenvalue weighted by molar-refractivity contribution is -0.116. The van der Waals surface area contributed by atoms with Crippen LogP contribution in [0.2, 0.25) is 0 Å². The Balaban J connectivity index is 2.42. The number of rotatable bonds is 1. The number of hydrogen-bond donors (Lipinski definition) is 0. The van der Waals surface area contributed by atoms with Crippen molar-refractivity contribution in [1.29, 1.82) is 0 Å². The second-order valence-corrected chi connectivity index (χ2v) is 3.65. The first-order chi connectivity index (χ1) is 7.08. The zero-order chi connectivity index (χ0) is 11.0. The minimum Gasteiger partial charge on any atom is -0.272 e. The van der Waals surface area contributed by atoms with Crippen LogP contribution in [0.3, 0.4) is 0 Å². The summed E-state index contributed by atoms with van der Waals surface area (Å²) in [4.78, 5) is 11.5. The highest BCUT2D eigenvalue weighted by Crippen LogP contribution is 2.24. The number of halogens is 1. The molecule has 1 amide bonds. The van der Waals surface area contributed by atoms with Crippen molar-refractivity contribution in [1.82, 2.24) is 0 Å². The third kappa shape index (κ3) is 1.75. The molecule has 1 heterocycles. The molecule has 0 saturated heterocycles. The Hall–Kier alpha value is -1.71. The summed E-state index contributed by atoms with van der Waals surface area (Å²) in [5.41, 5.74) is 2.14. The molecule has 1 aromatic carbocycles. The van der Waals surface area contributed by atoms with Crippen molar-refractivity contribution in [2.75, 3.05) is 5.01 Å². The molecule has 0 aromatic heterocycles. The number of carbonyl (C=O) groups excluding carboxylic acids is 1. The molecule has 1 aliphatic heterocycles. The van der Waals surface area contributed by atoms with E-state index < -0.39 is 0 Å². The monoisotopic (exact) mass is 206 g/mol. The average molecular weight is 206 g/mol. The summed E-state index contributed by atoms with van der Waals surface area (Å²) in [7, 11) is 0. The predicted octanol–water partition coefficient (Wildman–Crippen LogP) is 2.25. The van der Waals surface area contributed by atoms with Crippen LogP contribution in [0.25, 0.3) is 0 Å². The molecule has 3 nitrogen and oxygen atoms in total. The van der Waals surface area contributed by atoms with E-state index in [1.165, 1.54) is 17.1 Å². The first-order valence-corrected chi connectivity index (χ1v) is 4.71. The van der Waals surface area contributed by atoms with Crippen LogP contribution in [0.5, 0.6) is 0 Å². The van der Waals surface area contributed by atoms with Gasteiger partial charge in [0.2, 0.25) is 0 Å². The number of benzene rings is 1. The highest BCUT2D eigenvalue weighted by Gasteiger charge is 2.23. The van der Waals surface area contributed by atoms with Gasteiger partial charge in [-0.25, -0.2) is 9.40 Å². The van der Waals surface area contributed by atoms with Crippen molar-refractivity contribution in [2.45, 2.75) is 20.3 Å². The number of hydrogen-bond acceptors (Lipinski definition) is 2. The standard InChI is InChI=1S/C11H11FN2O/c1-7-5-9(12)3-4-10(7)14-11(15)6-8(2)13-14/h3-5H,6H2,1-2H3. The number of nitrogens with zero attached hydrogens (tertiary/aromatic N) is 2. The van der Waals surface area contributed by atoms with Crippen molar-refractivity contribution < 1.29 is 9.18 Å². The van der Waals surface area contributed by atoms with E-state index in [4.69, 9.17) is 0 Å². The van der Waals surface area contributed by atoms with Crippen LogP contribution in [-0.4, -0.2) is 11.6 Å². The Morgan fingerprint density at radius 1 is 1.40 bits per heavy atom. The Bertz CT molecular complexity index is 454. The maximum atomic E-state index is 12.9. The highest BCUT2D eigenvalue weighted by atomic mass is 19.1. The fourth-order valence-corrected chi connectivity index (χ4v) is 1.60. The fraction of sp³-hybridized carbons (Fsp3) is 0.273. The largest absolute Gasteiger partial charge is 0.272 e. The quantitative estimate of drug-likeness (QED) is 0.693. The molecule has 15 heavy (non-hydrogen) atoms. The van der Waals surface area contributed by atoms with Crippen molar-refractivity contribution in [3.05, 3.63) is 29.6 Å². The lowest BCUT2D eigenvalue weighted by Crippen LogP contribution is -2.20. The lowest BCUT2D eigenvalue weighted by Gasteiger charge is -2.14. The van der Waals surface area contributed by atoms with Crippen LogP contribution in [-0.2, 0) is 4.79 Å². The van der Waals surface area contributed by atoms with Gasteiger partial charge in [-0.2, -0.15) is 5.10 Å². The van der Waals surface area contributed by atoms with E-state index in [9.17, 15) is 9.18 Å². The van der Waals surface area contributed by atoms with E-state index in [0.29, 0.717) is 17.7 Å². The summed E-state index contributed by atoms with van der Waals surface area (Å²) in [5.74, 6) is -0.370. The molecule has 0 N–H and O–H groups in total. The summed E-state index contributed by atoms with van der Waals surface area (Å²) in [6.07, 6.45) is 0.344. The molecule has 0 fully saturated rings. The third-order valence-electron chi connectivity index (χ3n) is 2.30. The van der Waals surface area contributed by atoms with Gasteiger partial charge in [0.15, 0.2) is 0 Å². The van der Waals surface area contributed by atoms with Gasteiger partial charge in [-0.1, -0.05) is 0 Å². The Morgan fingerprint density at radius 3 is 2.67 bits per heavy atom. The maximum absolute atomic E-state index is 12.9. The molecule has 78 valence electrons. The number of anilines is 1. The average Bonchev–Trinajstić information content (AvgIpc) is 2.45. The molecule has 4 heteroatoms. The van der Waals surface area contributed by atoms with Gasteiger partial charge in [0, 0.05) is 5.71 Å². The maximum Gasteiger partial charge on any atom is 0.253 e. The Kier molecular flexibility index (Phi) is 2.26. The smallest absolute Gasteiger partial charge is 0.253 e.